The highest BCUT2D eigenvalue weighted by Gasteiger charge is 2.03. The van der Waals surface area contributed by atoms with Gasteiger partial charge < -0.3 is 5.32 Å². The fraction of sp³-hybridized carbons (Fsp3) is 0.818. The Morgan fingerprint density at radius 1 is 1.42 bits per heavy atom. The standard InChI is InChI=1S/C11H23N/c1-5-7-8-11(6-2)12-9-10(3)4/h11-12H,3,5-9H2,1-2,4H3. The molecule has 12 heavy (non-hydrogen) atoms. The molecule has 0 saturated carbocycles. The van der Waals surface area contributed by atoms with Crippen molar-refractivity contribution in [1.82, 2.24) is 5.32 Å². The molecule has 0 aliphatic carbocycles. The van der Waals surface area contributed by atoms with Crippen LogP contribution in [0.2, 0.25) is 0 Å². The molecule has 1 atom stereocenters. The van der Waals surface area contributed by atoms with Crippen molar-refractivity contribution < 1.29 is 0 Å². The predicted octanol–water partition coefficient (Wildman–Crippen LogP) is 3.12. The number of unbranched alkanes of at least 4 members (excludes halogenated alkanes) is 1. The van der Waals surface area contributed by atoms with E-state index in [1.807, 2.05) is 0 Å². The number of hydrogen-bond acceptors (Lipinski definition) is 1. The van der Waals surface area contributed by atoms with Gasteiger partial charge in [-0.1, -0.05) is 38.8 Å². The van der Waals surface area contributed by atoms with Crippen molar-refractivity contribution in [2.75, 3.05) is 6.54 Å². The second-order valence-corrected chi connectivity index (χ2v) is 3.59. The molecule has 0 aliphatic rings. The van der Waals surface area contributed by atoms with Crippen molar-refractivity contribution >= 4 is 0 Å². The molecule has 1 heteroatoms. The summed E-state index contributed by atoms with van der Waals surface area (Å²) in [6, 6.07) is 0.696. The zero-order valence-corrected chi connectivity index (χ0v) is 8.82. The zero-order chi connectivity index (χ0) is 9.40. The van der Waals surface area contributed by atoms with Gasteiger partial charge in [0.2, 0.25) is 0 Å². The van der Waals surface area contributed by atoms with Crippen LogP contribution in [0.4, 0.5) is 0 Å². The molecule has 0 spiro atoms. The highest BCUT2D eigenvalue weighted by Crippen LogP contribution is 2.04. The van der Waals surface area contributed by atoms with Crippen LogP contribution >= 0.6 is 0 Å². The Labute approximate surface area is 77.2 Å². The average Bonchev–Trinajstić information content (AvgIpc) is 2.05. The summed E-state index contributed by atoms with van der Waals surface area (Å²) < 4.78 is 0. The molecule has 0 aromatic heterocycles. The van der Waals surface area contributed by atoms with E-state index in [4.69, 9.17) is 0 Å². The molecule has 1 nitrogen and oxygen atoms in total. The van der Waals surface area contributed by atoms with Gasteiger partial charge in [-0.25, -0.2) is 0 Å². The molecule has 0 aromatic rings. The van der Waals surface area contributed by atoms with Crippen molar-refractivity contribution in [3.8, 4) is 0 Å². The van der Waals surface area contributed by atoms with E-state index in [0.717, 1.165) is 6.54 Å². The van der Waals surface area contributed by atoms with Crippen LogP contribution in [0.15, 0.2) is 12.2 Å². The van der Waals surface area contributed by atoms with E-state index in [1.165, 1.54) is 31.3 Å². The number of nitrogens with one attached hydrogen (secondary N) is 1. The lowest BCUT2D eigenvalue weighted by Crippen LogP contribution is -2.29. The molecule has 0 saturated heterocycles. The molecule has 0 radical (unpaired) electrons. The predicted molar refractivity (Wildman–Crippen MR) is 56.4 cm³/mol. The minimum absolute atomic E-state index is 0.696. The molecule has 1 N–H and O–H groups in total. The van der Waals surface area contributed by atoms with Crippen molar-refractivity contribution in [2.24, 2.45) is 0 Å². The first-order chi connectivity index (χ1) is 5.70. The number of rotatable bonds is 7. The van der Waals surface area contributed by atoms with Crippen LogP contribution in [0, 0.1) is 0 Å². The minimum atomic E-state index is 0.696. The van der Waals surface area contributed by atoms with Crippen LogP contribution in [0.1, 0.15) is 46.5 Å². The summed E-state index contributed by atoms with van der Waals surface area (Å²) in [5, 5.41) is 3.50. The third-order valence-electron chi connectivity index (χ3n) is 2.09. The van der Waals surface area contributed by atoms with Gasteiger partial charge in [-0.2, -0.15) is 0 Å². The van der Waals surface area contributed by atoms with Crippen LogP contribution < -0.4 is 5.32 Å². The highest BCUT2D eigenvalue weighted by atomic mass is 14.9. The molecule has 1 unspecified atom stereocenters. The summed E-state index contributed by atoms with van der Waals surface area (Å²) in [5.41, 5.74) is 1.23. The van der Waals surface area contributed by atoms with Gasteiger partial charge in [0, 0.05) is 12.6 Å². The second-order valence-electron chi connectivity index (χ2n) is 3.59. The smallest absolute Gasteiger partial charge is 0.0161 e. The van der Waals surface area contributed by atoms with E-state index in [9.17, 15) is 0 Å². The molecular weight excluding hydrogens is 146 g/mol. The highest BCUT2D eigenvalue weighted by molar-refractivity contribution is 4.91. The lowest BCUT2D eigenvalue weighted by Gasteiger charge is -2.16. The minimum Gasteiger partial charge on any atom is -0.310 e. The normalized spacial score (nSPS) is 12.9. The first-order valence-electron chi connectivity index (χ1n) is 5.08. The van der Waals surface area contributed by atoms with Gasteiger partial charge in [0.25, 0.3) is 0 Å². The lowest BCUT2D eigenvalue weighted by molar-refractivity contribution is 0.469. The molecule has 0 bridgehead atoms. The average molecular weight is 169 g/mol. The molecule has 0 aliphatic heterocycles. The fourth-order valence-corrected chi connectivity index (χ4v) is 1.22. The quantitative estimate of drug-likeness (QED) is 0.577. The molecule has 72 valence electrons. The summed E-state index contributed by atoms with van der Waals surface area (Å²) in [6.07, 6.45) is 5.17. The Morgan fingerprint density at radius 3 is 2.50 bits per heavy atom. The summed E-state index contributed by atoms with van der Waals surface area (Å²) >= 11 is 0. The van der Waals surface area contributed by atoms with Gasteiger partial charge in [0.1, 0.15) is 0 Å². The Hall–Kier alpha value is -0.300. The van der Waals surface area contributed by atoms with Crippen molar-refractivity contribution in [3.05, 3.63) is 12.2 Å². The van der Waals surface area contributed by atoms with Crippen LogP contribution in [-0.4, -0.2) is 12.6 Å². The zero-order valence-electron chi connectivity index (χ0n) is 8.82. The number of hydrogen-bond donors (Lipinski definition) is 1. The van der Waals surface area contributed by atoms with Crippen molar-refractivity contribution in [1.29, 1.82) is 0 Å². The SMILES string of the molecule is C=C(C)CNC(CC)CCCC. The van der Waals surface area contributed by atoms with Crippen LogP contribution in [0.3, 0.4) is 0 Å². The van der Waals surface area contributed by atoms with E-state index >= 15 is 0 Å². The molecule has 0 amide bonds. The Kier molecular flexibility index (Phi) is 7.17. The maximum atomic E-state index is 3.88. The Morgan fingerprint density at radius 2 is 2.08 bits per heavy atom. The van der Waals surface area contributed by atoms with Gasteiger partial charge in [0.05, 0.1) is 0 Å². The molecule has 0 rings (SSSR count). The Bertz CT molecular complexity index is 118. The maximum Gasteiger partial charge on any atom is 0.0161 e. The van der Waals surface area contributed by atoms with Crippen molar-refractivity contribution in [3.63, 3.8) is 0 Å². The van der Waals surface area contributed by atoms with Crippen LogP contribution in [0.25, 0.3) is 0 Å². The van der Waals surface area contributed by atoms with Crippen molar-refractivity contribution in [2.45, 2.75) is 52.5 Å². The van der Waals surface area contributed by atoms with E-state index in [1.54, 1.807) is 0 Å². The first kappa shape index (κ1) is 11.7. The van der Waals surface area contributed by atoms with E-state index in [0.29, 0.717) is 6.04 Å². The van der Waals surface area contributed by atoms with Gasteiger partial charge in [-0.05, 0) is 19.8 Å². The lowest BCUT2D eigenvalue weighted by atomic mass is 10.1. The van der Waals surface area contributed by atoms with Gasteiger partial charge in [-0.15, -0.1) is 0 Å². The molecule has 0 fully saturated rings. The summed E-state index contributed by atoms with van der Waals surface area (Å²) in [6.45, 7) is 11.4. The fourth-order valence-electron chi connectivity index (χ4n) is 1.22. The monoisotopic (exact) mass is 169 g/mol. The molecule has 0 heterocycles. The third-order valence-corrected chi connectivity index (χ3v) is 2.09. The summed E-state index contributed by atoms with van der Waals surface area (Å²) in [4.78, 5) is 0. The largest absolute Gasteiger partial charge is 0.310 e. The van der Waals surface area contributed by atoms with E-state index < -0.39 is 0 Å². The molecule has 0 aromatic carbocycles. The van der Waals surface area contributed by atoms with Gasteiger partial charge in [-0.3, -0.25) is 0 Å². The van der Waals surface area contributed by atoms with Crippen LogP contribution in [0.5, 0.6) is 0 Å². The van der Waals surface area contributed by atoms with E-state index in [-0.39, 0.29) is 0 Å². The Balaban J connectivity index is 3.45. The second kappa shape index (κ2) is 7.35. The summed E-state index contributed by atoms with van der Waals surface area (Å²) in [5.74, 6) is 0. The third kappa shape index (κ3) is 6.41. The molecular formula is C11H23N. The maximum absolute atomic E-state index is 3.88. The van der Waals surface area contributed by atoms with Gasteiger partial charge in [0.15, 0.2) is 0 Å². The summed E-state index contributed by atoms with van der Waals surface area (Å²) in [7, 11) is 0. The topological polar surface area (TPSA) is 12.0 Å². The van der Waals surface area contributed by atoms with Crippen LogP contribution in [-0.2, 0) is 0 Å². The first-order valence-corrected chi connectivity index (χ1v) is 5.08. The van der Waals surface area contributed by atoms with E-state index in [2.05, 4.69) is 32.7 Å². The van der Waals surface area contributed by atoms with Gasteiger partial charge >= 0.3 is 0 Å².